The van der Waals surface area contributed by atoms with Crippen LogP contribution in [-0.4, -0.2) is 42.9 Å². The molecule has 0 saturated carbocycles. The van der Waals surface area contributed by atoms with Gasteiger partial charge in [-0.25, -0.2) is 0 Å². The number of benzene rings is 1. The summed E-state index contributed by atoms with van der Waals surface area (Å²) < 4.78 is 5.53. The van der Waals surface area contributed by atoms with Gasteiger partial charge in [0.2, 0.25) is 5.91 Å². The molecule has 2 amide bonds. The summed E-state index contributed by atoms with van der Waals surface area (Å²) in [6.07, 6.45) is 4.00. The van der Waals surface area contributed by atoms with Gasteiger partial charge >= 0.3 is 0 Å². The zero-order valence-electron chi connectivity index (χ0n) is 15.3. The lowest BCUT2D eigenvalue weighted by molar-refractivity contribution is -0.117. The number of hydrogen-bond donors (Lipinski definition) is 1. The Hall–Kier alpha value is -2.31. The first-order valence-corrected chi connectivity index (χ1v) is 9.08. The molecule has 1 fully saturated rings. The van der Waals surface area contributed by atoms with Crippen molar-refractivity contribution in [3.8, 4) is 0 Å². The molecule has 0 bridgehead atoms. The van der Waals surface area contributed by atoms with Gasteiger partial charge < -0.3 is 19.5 Å². The lowest BCUT2D eigenvalue weighted by atomic mass is 10.1. The average molecular weight is 390 g/mol. The molecule has 1 aromatic carbocycles. The largest absolute Gasteiger partial charge is 0.459 e. The van der Waals surface area contributed by atoms with Crippen molar-refractivity contribution in [1.82, 2.24) is 10.2 Å². The molecular formula is C20H24ClN3O3. The van der Waals surface area contributed by atoms with Crippen LogP contribution < -0.4 is 10.2 Å². The molecule has 2 aliphatic heterocycles. The summed E-state index contributed by atoms with van der Waals surface area (Å²) in [5.41, 5.74) is 2.71. The van der Waals surface area contributed by atoms with Crippen molar-refractivity contribution >= 4 is 29.9 Å². The van der Waals surface area contributed by atoms with Crippen LogP contribution in [0.25, 0.3) is 0 Å². The molecule has 0 radical (unpaired) electrons. The number of piperidine rings is 1. The first-order valence-electron chi connectivity index (χ1n) is 9.08. The Morgan fingerprint density at radius 1 is 1.30 bits per heavy atom. The van der Waals surface area contributed by atoms with Gasteiger partial charge in [-0.2, -0.15) is 0 Å². The molecule has 6 nitrogen and oxygen atoms in total. The van der Waals surface area contributed by atoms with E-state index in [9.17, 15) is 9.59 Å². The first-order chi connectivity index (χ1) is 12.7. The molecule has 1 unspecified atom stereocenters. The number of nitrogens with one attached hydrogen (secondary N) is 1. The van der Waals surface area contributed by atoms with Crippen molar-refractivity contribution in [2.75, 3.05) is 25.0 Å². The number of likely N-dealkylation sites (tertiary alicyclic amines) is 1. The number of anilines is 1. The molecule has 0 spiro atoms. The summed E-state index contributed by atoms with van der Waals surface area (Å²) in [6.45, 7) is 1.78. The van der Waals surface area contributed by atoms with Crippen LogP contribution in [0.3, 0.4) is 0 Å². The SMILES string of the molecule is CNC1CCCN(C(=O)c2occc2CN2C(=O)Cc3ccccc32)C1.Cl. The molecule has 144 valence electrons. The quantitative estimate of drug-likeness (QED) is 0.872. The van der Waals surface area contributed by atoms with Crippen LogP contribution in [0.5, 0.6) is 0 Å². The standard InChI is InChI=1S/C20H23N3O3.ClH/c1-21-16-6-4-9-22(13-16)20(25)19-15(8-10-26-19)12-23-17-7-3-2-5-14(17)11-18(23)24;/h2-3,5,7-8,10,16,21H,4,6,9,11-13H2,1H3;1H. The van der Waals surface area contributed by atoms with E-state index in [1.54, 1.807) is 11.0 Å². The fraction of sp³-hybridized carbons (Fsp3) is 0.400. The van der Waals surface area contributed by atoms with Crippen molar-refractivity contribution in [2.24, 2.45) is 0 Å². The maximum absolute atomic E-state index is 12.9. The number of carbonyl (C=O) groups excluding carboxylic acids is 2. The van der Waals surface area contributed by atoms with Crippen LogP contribution in [0.4, 0.5) is 5.69 Å². The maximum Gasteiger partial charge on any atom is 0.289 e. The van der Waals surface area contributed by atoms with E-state index in [1.165, 1.54) is 6.26 Å². The van der Waals surface area contributed by atoms with Crippen molar-refractivity contribution in [3.05, 3.63) is 53.5 Å². The van der Waals surface area contributed by atoms with E-state index in [0.717, 1.165) is 36.2 Å². The second kappa shape index (κ2) is 8.15. The summed E-state index contributed by atoms with van der Waals surface area (Å²) in [5, 5.41) is 3.25. The number of halogens is 1. The number of para-hydroxylation sites is 1. The van der Waals surface area contributed by atoms with Gasteiger partial charge in [0.15, 0.2) is 5.76 Å². The van der Waals surface area contributed by atoms with Crippen LogP contribution in [0.1, 0.15) is 34.5 Å². The molecule has 1 saturated heterocycles. The first kappa shape index (κ1) is 19.5. The van der Waals surface area contributed by atoms with Crippen LogP contribution in [-0.2, 0) is 17.8 Å². The lowest BCUT2D eigenvalue weighted by Gasteiger charge is -2.32. The maximum atomic E-state index is 12.9. The number of hydrogen-bond acceptors (Lipinski definition) is 4. The molecule has 0 aliphatic carbocycles. The van der Waals surface area contributed by atoms with Gasteiger partial charge in [-0.1, -0.05) is 18.2 Å². The van der Waals surface area contributed by atoms with E-state index in [2.05, 4.69) is 5.32 Å². The third-order valence-electron chi connectivity index (χ3n) is 5.31. The van der Waals surface area contributed by atoms with Crippen LogP contribution in [0, 0.1) is 0 Å². The summed E-state index contributed by atoms with van der Waals surface area (Å²) in [7, 11) is 1.92. The van der Waals surface area contributed by atoms with E-state index in [1.807, 2.05) is 36.2 Å². The summed E-state index contributed by atoms with van der Waals surface area (Å²) in [5.74, 6) is 0.308. The Bertz CT molecular complexity index is 835. The fourth-order valence-electron chi connectivity index (χ4n) is 3.85. The summed E-state index contributed by atoms with van der Waals surface area (Å²) in [4.78, 5) is 28.9. The number of fused-ring (bicyclic) bond motifs is 1. The van der Waals surface area contributed by atoms with Gasteiger partial charge in [0.25, 0.3) is 5.91 Å². The highest BCUT2D eigenvalue weighted by Crippen LogP contribution is 2.31. The average Bonchev–Trinajstić information content (AvgIpc) is 3.26. The van der Waals surface area contributed by atoms with E-state index < -0.39 is 0 Å². The van der Waals surface area contributed by atoms with E-state index >= 15 is 0 Å². The van der Waals surface area contributed by atoms with Gasteiger partial charge in [-0.15, -0.1) is 12.4 Å². The Morgan fingerprint density at radius 2 is 2.11 bits per heavy atom. The fourth-order valence-corrected chi connectivity index (χ4v) is 3.85. The number of nitrogens with zero attached hydrogens (tertiary/aromatic N) is 2. The third kappa shape index (κ3) is 3.73. The third-order valence-corrected chi connectivity index (χ3v) is 5.31. The van der Waals surface area contributed by atoms with E-state index in [4.69, 9.17) is 4.42 Å². The summed E-state index contributed by atoms with van der Waals surface area (Å²) >= 11 is 0. The lowest BCUT2D eigenvalue weighted by Crippen LogP contribution is -2.47. The van der Waals surface area contributed by atoms with Crippen molar-refractivity contribution in [3.63, 3.8) is 0 Å². The van der Waals surface area contributed by atoms with Crippen molar-refractivity contribution < 1.29 is 14.0 Å². The normalized spacial score (nSPS) is 19.0. The van der Waals surface area contributed by atoms with Crippen LogP contribution in [0.2, 0.25) is 0 Å². The van der Waals surface area contributed by atoms with Gasteiger partial charge in [0, 0.05) is 30.4 Å². The number of furan rings is 1. The zero-order chi connectivity index (χ0) is 18.1. The van der Waals surface area contributed by atoms with Gasteiger partial charge in [0.1, 0.15) is 0 Å². The second-order valence-corrected chi connectivity index (χ2v) is 6.94. The molecule has 1 N–H and O–H groups in total. The second-order valence-electron chi connectivity index (χ2n) is 6.94. The molecule has 7 heteroatoms. The molecule has 27 heavy (non-hydrogen) atoms. The smallest absolute Gasteiger partial charge is 0.289 e. The Morgan fingerprint density at radius 3 is 2.93 bits per heavy atom. The number of amides is 2. The molecule has 1 atom stereocenters. The number of carbonyl (C=O) groups is 2. The number of likely N-dealkylation sites (N-methyl/N-ethyl adjacent to an activating group) is 1. The predicted octanol–water partition coefficient (Wildman–Crippen LogP) is 2.61. The van der Waals surface area contributed by atoms with E-state index in [0.29, 0.717) is 31.3 Å². The van der Waals surface area contributed by atoms with Gasteiger partial charge in [-0.05, 0) is 37.6 Å². The Labute approximate surface area is 164 Å². The molecule has 4 rings (SSSR count). The predicted molar refractivity (Wildman–Crippen MR) is 105 cm³/mol. The minimum atomic E-state index is -0.0927. The van der Waals surface area contributed by atoms with Gasteiger partial charge in [0.05, 0.1) is 19.2 Å². The minimum absolute atomic E-state index is 0. The monoisotopic (exact) mass is 389 g/mol. The summed E-state index contributed by atoms with van der Waals surface area (Å²) in [6, 6.07) is 9.90. The van der Waals surface area contributed by atoms with E-state index in [-0.39, 0.29) is 24.2 Å². The van der Waals surface area contributed by atoms with Crippen LogP contribution >= 0.6 is 12.4 Å². The highest BCUT2D eigenvalue weighted by molar-refractivity contribution is 6.01. The zero-order valence-corrected chi connectivity index (χ0v) is 16.1. The van der Waals surface area contributed by atoms with Crippen molar-refractivity contribution in [1.29, 1.82) is 0 Å². The van der Waals surface area contributed by atoms with Gasteiger partial charge in [-0.3, -0.25) is 9.59 Å². The molecule has 3 heterocycles. The topological polar surface area (TPSA) is 65.8 Å². The Kier molecular flexibility index (Phi) is 5.87. The van der Waals surface area contributed by atoms with Crippen molar-refractivity contribution in [2.45, 2.75) is 31.8 Å². The molecule has 2 aliphatic rings. The molecule has 1 aromatic heterocycles. The number of rotatable bonds is 4. The van der Waals surface area contributed by atoms with Crippen LogP contribution in [0.15, 0.2) is 41.0 Å². The Balaban J connectivity index is 0.00000210. The minimum Gasteiger partial charge on any atom is -0.459 e. The molecule has 2 aromatic rings. The highest BCUT2D eigenvalue weighted by atomic mass is 35.5. The highest BCUT2D eigenvalue weighted by Gasteiger charge is 2.31. The molecular weight excluding hydrogens is 366 g/mol.